The van der Waals surface area contributed by atoms with Gasteiger partial charge in [-0.3, -0.25) is 14.5 Å². The summed E-state index contributed by atoms with van der Waals surface area (Å²) in [6.07, 6.45) is 5.21. The summed E-state index contributed by atoms with van der Waals surface area (Å²) in [5.41, 5.74) is 0.710. The molecule has 3 aliphatic rings. The van der Waals surface area contributed by atoms with E-state index in [9.17, 15) is 9.59 Å². The Kier molecular flexibility index (Phi) is 1.85. The van der Waals surface area contributed by atoms with E-state index in [-0.39, 0.29) is 35.5 Å². The highest BCUT2D eigenvalue weighted by Gasteiger charge is 2.59. The van der Waals surface area contributed by atoms with Gasteiger partial charge < -0.3 is 0 Å². The number of para-hydroxylation sites is 1. The molecule has 1 aromatic carbocycles. The van der Waals surface area contributed by atoms with Crippen LogP contribution in [0.15, 0.2) is 42.5 Å². The third-order valence-corrected chi connectivity index (χ3v) is 4.48. The fourth-order valence-electron chi connectivity index (χ4n) is 3.73. The fourth-order valence-corrected chi connectivity index (χ4v) is 3.73. The standard InChI is InChI=1S/C15H13NO2/c17-14-12-9-6-7-10(8-9)13(12)15(18)16(14)11-4-2-1-3-5-11/h1-7,9-10,12-13H,8H2/t9-,10+,12+,13-. The predicted molar refractivity (Wildman–Crippen MR) is 66.7 cm³/mol. The van der Waals surface area contributed by atoms with E-state index in [4.69, 9.17) is 0 Å². The Morgan fingerprint density at radius 3 is 2.00 bits per heavy atom. The number of carbonyl (C=O) groups is 2. The highest BCUT2D eigenvalue weighted by atomic mass is 16.2. The second kappa shape index (κ2) is 3.31. The van der Waals surface area contributed by atoms with Crippen LogP contribution in [0.4, 0.5) is 5.69 Å². The lowest BCUT2D eigenvalue weighted by atomic mass is 9.85. The van der Waals surface area contributed by atoms with E-state index in [0.717, 1.165) is 6.42 Å². The highest BCUT2D eigenvalue weighted by molar-refractivity contribution is 6.22. The zero-order valence-corrected chi connectivity index (χ0v) is 9.82. The van der Waals surface area contributed by atoms with Crippen molar-refractivity contribution in [1.82, 2.24) is 0 Å². The molecule has 4 rings (SSSR count). The van der Waals surface area contributed by atoms with Crippen molar-refractivity contribution in [2.24, 2.45) is 23.7 Å². The molecule has 0 radical (unpaired) electrons. The molecule has 1 aliphatic heterocycles. The summed E-state index contributed by atoms with van der Waals surface area (Å²) in [6, 6.07) is 9.26. The molecule has 1 saturated heterocycles. The van der Waals surface area contributed by atoms with E-state index >= 15 is 0 Å². The van der Waals surface area contributed by atoms with Crippen molar-refractivity contribution in [2.45, 2.75) is 6.42 Å². The largest absolute Gasteiger partial charge is 0.274 e. The van der Waals surface area contributed by atoms with Crippen LogP contribution in [0.2, 0.25) is 0 Å². The Balaban J connectivity index is 1.77. The average Bonchev–Trinajstić information content (AvgIpc) is 3.05. The van der Waals surface area contributed by atoms with Gasteiger partial charge in [-0.15, -0.1) is 0 Å². The quantitative estimate of drug-likeness (QED) is 0.555. The Bertz CT molecular complexity index is 533. The molecule has 1 heterocycles. The number of hydrogen-bond donors (Lipinski definition) is 0. The number of carbonyl (C=O) groups excluding carboxylic acids is 2. The molecule has 0 N–H and O–H groups in total. The molecule has 0 aromatic heterocycles. The Hall–Kier alpha value is -1.90. The zero-order chi connectivity index (χ0) is 12.3. The average molecular weight is 239 g/mol. The molecule has 90 valence electrons. The minimum absolute atomic E-state index is 0.00644. The van der Waals surface area contributed by atoms with Gasteiger partial charge in [-0.1, -0.05) is 30.4 Å². The third-order valence-electron chi connectivity index (χ3n) is 4.48. The number of fused-ring (bicyclic) bond motifs is 5. The second-order valence-electron chi connectivity index (χ2n) is 5.35. The molecule has 3 nitrogen and oxygen atoms in total. The maximum Gasteiger partial charge on any atom is 0.238 e. The molecular weight excluding hydrogens is 226 g/mol. The van der Waals surface area contributed by atoms with Crippen LogP contribution in [0, 0.1) is 23.7 Å². The molecule has 2 fully saturated rings. The van der Waals surface area contributed by atoms with Crippen molar-refractivity contribution in [3.05, 3.63) is 42.5 Å². The van der Waals surface area contributed by atoms with Gasteiger partial charge in [0.1, 0.15) is 0 Å². The van der Waals surface area contributed by atoms with Crippen LogP contribution in [0.1, 0.15) is 6.42 Å². The number of nitrogens with zero attached hydrogens (tertiary/aromatic N) is 1. The molecule has 0 unspecified atom stereocenters. The van der Waals surface area contributed by atoms with E-state index in [1.165, 1.54) is 4.90 Å². The van der Waals surface area contributed by atoms with Gasteiger partial charge in [0, 0.05) is 0 Å². The van der Waals surface area contributed by atoms with Crippen LogP contribution >= 0.6 is 0 Å². The molecule has 4 atom stereocenters. The van der Waals surface area contributed by atoms with Crippen molar-refractivity contribution in [2.75, 3.05) is 4.90 Å². The van der Waals surface area contributed by atoms with Crippen LogP contribution in [0.3, 0.4) is 0 Å². The molecule has 2 bridgehead atoms. The summed E-state index contributed by atoms with van der Waals surface area (Å²) in [5, 5.41) is 0. The first kappa shape index (κ1) is 10.1. The van der Waals surface area contributed by atoms with Gasteiger partial charge in [-0.2, -0.15) is 0 Å². The van der Waals surface area contributed by atoms with Crippen molar-refractivity contribution in [1.29, 1.82) is 0 Å². The Morgan fingerprint density at radius 1 is 0.889 bits per heavy atom. The predicted octanol–water partition coefficient (Wildman–Crippen LogP) is 2.00. The van der Waals surface area contributed by atoms with E-state index in [2.05, 4.69) is 12.2 Å². The Labute approximate surface area is 105 Å². The van der Waals surface area contributed by atoms with Gasteiger partial charge in [0.05, 0.1) is 17.5 Å². The van der Waals surface area contributed by atoms with Gasteiger partial charge in [-0.25, -0.2) is 0 Å². The summed E-state index contributed by atoms with van der Waals surface area (Å²) in [6.45, 7) is 0. The molecule has 2 amide bonds. The number of amides is 2. The normalized spacial score (nSPS) is 36.6. The van der Waals surface area contributed by atoms with E-state index in [1.807, 2.05) is 30.3 Å². The zero-order valence-electron chi connectivity index (χ0n) is 9.82. The van der Waals surface area contributed by atoms with Gasteiger partial charge in [0.15, 0.2) is 0 Å². The van der Waals surface area contributed by atoms with Crippen LogP contribution in [0.5, 0.6) is 0 Å². The van der Waals surface area contributed by atoms with Crippen molar-refractivity contribution in [3.63, 3.8) is 0 Å². The molecular formula is C15H13NO2. The first-order chi connectivity index (χ1) is 8.77. The fraction of sp³-hybridized carbons (Fsp3) is 0.333. The summed E-state index contributed by atoms with van der Waals surface area (Å²) in [7, 11) is 0. The van der Waals surface area contributed by atoms with Crippen LogP contribution in [-0.4, -0.2) is 11.8 Å². The summed E-state index contributed by atoms with van der Waals surface area (Å²) >= 11 is 0. The van der Waals surface area contributed by atoms with Crippen LogP contribution < -0.4 is 4.90 Å². The minimum Gasteiger partial charge on any atom is -0.274 e. The SMILES string of the molecule is O=C1[C@@H]2[C@H](C(=O)N1c1ccccc1)[C@H]1C=C[C@@H]2C1. The number of benzene rings is 1. The number of imide groups is 1. The monoisotopic (exact) mass is 239 g/mol. The van der Waals surface area contributed by atoms with Gasteiger partial charge in [0.25, 0.3) is 0 Å². The highest BCUT2D eigenvalue weighted by Crippen LogP contribution is 2.53. The Morgan fingerprint density at radius 2 is 1.44 bits per heavy atom. The maximum atomic E-state index is 12.5. The van der Waals surface area contributed by atoms with E-state index in [1.54, 1.807) is 0 Å². The third kappa shape index (κ3) is 1.09. The maximum absolute atomic E-state index is 12.5. The number of allylic oxidation sites excluding steroid dienone is 2. The minimum atomic E-state index is -0.104. The van der Waals surface area contributed by atoms with Crippen molar-refractivity contribution < 1.29 is 9.59 Å². The van der Waals surface area contributed by atoms with Crippen molar-refractivity contribution in [3.8, 4) is 0 Å². The molecule has 18 heavy (non-hydrogen) atoms. The lowest BCUT2D eigenvalue weighted by molar-refractivity contribution is -0.123. The van der Waals surface area contributed by atoms with Gasteiger partial charge in [0.2, 0.25) is 11.8 Å². The first-order valence-electron chi connectivity index (χ1n) is 6.38. The number of anilines is 1. The number of rotatable bonds is 1. The van der Waals surface area contributed by atoms with E-state index < -0.39 is 0 Å². The van der Waals surface area contributed by atoms with Gasteiger partial charge >= 0.3 is 0 Å². The number of hydrogen-bond acceptors (Lipinski definition) is 2. The summed E-state index contributed by atoms with van der Waals surface area (Å²) < 4.78 is 0. The summed E-state index contributed by atoms with van der Waals surface area (Å²) in [4.78, 5) is 26.3. The molecule has 3 heteroatoms. The van der Waals surface area contributed by atoms with Crippen LogP contribution in [0.25, 0.3) is 0 Å². The lowest BCUT2D eigenvalue weighted by Crippen LogP contribution is -2.32. The molecule has 0 spiro atoms. The summed E-state index contributed by atoms with van der Waals surface area (Å²) in [5.74, 6) is 0.344. The smallest absolute Gasteiger partial charge is 0.238 e. The molecule has 1 saturated carbocycles. The topological polar surface area (TPSA) is 37.4 Å². The van der Waals surface area contributed by atoms with Crippen LogP contribution in [-0.2, 0) is 9.59 Å². The first-order valence-corrected chi connectivity index (χ1v) is 6.38. The lowest BCUT2D eigenvalue weighted by Gasteiger charge is -2.16. The van der Waals surface area contributed by atoms with Crippen molar-refractivity contribution >= 4 is 17.5 Å². The van der Waals surface area contributed by atoms with E-state index in [0.29, 0.717) is 5.69 Å². The van der Waals surface area contributed by atoms with Gasteiger partial charge in [-0.05, 0) is 30.4 Å². The second-order valence-corrected chi connectivity index (χ2v) is 5.35. The molecule has 2 aliphatic carbocycles. The molecule has 1 aromatic rings.